The van der Waals surface area contributed by atoms with Crippen LogP contribution in [0.1, 0.15) is 54.2 Å². The Bertz CT molecular complexity index is 693. The molecule has 0 aliphatic heterocycles. The Hall–Kier alpha value is -1.77. The van der Waals surface area contributed by atoms with Gasteiger partial charge in [-0.25, -0.2) is 0 Å². The van der Waals surface area contributed by atoms with Crippen LogP contribution in [0.2, 0.25) is 0 Å². The van der Waals surface area contributed by atoms with Gasteiger partial charge in [-0.2, -0.15) is 0 Å². The average molecular weight is 298 g/mol. The van der Waals surface area contributed by atoms with Gasteiger partial charge in [0.25, 0.3) is 5.91 Å². The van der Waals surface area contributed by atoms with Gasteiger partial charge in [0.2, 0.25) is 0 Å². The summed E-state index contributed by atoms with van der Waals surface area (Å²) < 4.78 is 0. The molecule has 1 saturated carbocycles. The first-order valence-corrected chi connectivity index (χ1v) is 8.33. The number of aryl methyl sites for hydroxylation is 2. The van der Waals surface area contributed by atoms with Crippen molar-refractivity contribution < 1.29 is 4.79 Å². The van der Waals surface area contributed by atoms with Gasteiger partial charge in [0.1, 0.15) is 5.69 Å². The van der Waals surface area contributed by atoms with Gasteiger partial charge in [0.05, 0.1) is 0 Å². The van der Waals surface area contributed by atoms with Gasteiger partial charge in [-0.05, 0) is 68.7 Å². The summed E-state index contributed by atoms with van der Waals surface area (Å²) in [4.78, 5) is 18.0. The van der Waals surface area contributed by atoms with Gasteiger partial charge < -0.3 is 9.88 Å². The van der Waals surface area contributed by atoms with E-state index < -0.39 is 0 Å². The van der Waals surface area contributed by atoms with Crippen LogP contribution in [0.5, 0.6) is 0 Å². The molecule has 3 rings (SSSR count). The van der Waals surface area contributed by atoms with E-state index in [4.69, 9.17) is 0 Å². The zero-order chi connectivity index (χ0) is 15.9. The maximum atomic E-state index is 12.8. The van der Waals surface area contributed by atoms with Crippen molar-refractivity contribution in [3.63, 3.8) is 0 Å². The zero-order valence-electron chi connectivity index (χ0n) is 14.1. The zero-order valence-corrected chi connectivity index (χ0v) is 14.1. The Morgan fingerprint density at radius 3 is 2.50 bits per heavy atom. The summed E-state index contributed by atoms with van der Waals surface area (Å²) in [6, 6.07) is 6.67. The number of hydrogen-bond acceptors (Lipinski definition) is 1. The lowest BCUT2D eigenvalue weighted by Gasteiger charge is -2.33. The summed E-state index contributed by atoms with van der Waals surface area (Å²) in [5.74, 6) is 0.922. The van der Waals surface area contributed by atoms with Gasteiger partial charge in [-0.15, -0.1) is 0 Å². The molecule has 0 spiro atoms. The molecular formula is C19H26N2O. The van der Waals surface area contributed by atoms with Crippen LogP contribution in [0, 0.1) is 19.8 Å². The van der Waals surface area contributed by atoms with Crippen molar-refractivity contribution in [2.45, 2.75) is 52.5 Å². The SMILES string of the molecule is Cc1cc(C)c2cc(C(=O)N(C)C3CCC(C)CC3)[nH]c2c1. The number of aromatic amines is 1. The van der Waals surface area contributed by atoms with Gasteiger partial charge in [0, 0.05) is 24.0 Å². The van der Waals surface area contributed by atoms with Crippen molar-refractivity contribution in [2.24, 2.45) is 5.92 Å². The topological polar surface area (TPSA) is 36.1 Å². The number of benzene rings is 1. The lowest BCUT2D eigenvalue weighted by atomic mass is 9.86. The Balaban J connectivity index is 1.84. The molecule has 1 fully saturated rings. The summed E-state index contributed by atoms with van der Waals surface area (Å²) in [5, 5.41) is 1.15. The van der Waals surface area contributed by atoms with Crippen molar-refractivity contribution in [2.75, 3.05) is 7.05 Å². The Kier molecular flexibility index (Phi) is 3.98. The second-order valence-electron chi connectivity index (χ2n) is 7.06. The quantitative estimate of drug-likeness (QED) is 0.874. The van der Waals surface area contributed by atoms with Crippen LogP contribution in [0.25, 0.3) is 10.9 Å². The van der Waals surface area contributed by atoms with Crippen molar-refractivity contribution >= 4 is 16.8 Å². The predicted octanol–water partition coefficient (Wildman–Crippen LogP) is 4.44. The number of fused-ring (bicyclic) bond motifs is 1. The maximum absolute atomic E-state index is 12.8. The molecule has 0 atom stereocenters. The molecule has 1 N–H and O–H groups in total. The molecule has 1 heterocycles. The van der Waals surface area contributed by atoms with E-state index in [2.05, 4.69) is 37.9 Å². The molecule has 0 saturated heterocycles. The fraction of sp³-hybridized carbons (Fsp3) is 0.526. The highest BCUT2D eigenvalue weighted by Crippen LogP contribution is 2.28. The van der Waals surface area contributed by atoms with E-state index in [9.17, 15) is 4.79 Å². The molecule has 1 aliphatic carbocycles. The standard InChI is InChI=1S/C19H26N2O/c1-12-5-7-15(8-6-12)21(4)19(22)18-11-16-14(3)9-13(2)10-17(16)20-18/h9-12,15,20H,5-8H2,1-4H3. The highest BCUT2D eigenvalue weighted by Gasteiger charge is 2.26. The highest BCUT2D eigenvalue weighted by molar-refractivity contribution is 5.99. The molecule has 0 radical (unpaired) electrons. The minimum absolute atomic E-state index is 0.118. The second kappa shape index (κ2) is 5.79. The Morgan fingerprint density at radius 2 is 1.82 bits per heavy atom. The van der Waals surface area contributed by atoms with E-state index in [0.717, 1.165) is 29.7 Å². The largest absolute Gasteiger partial charge is 0.351 e. The minimum atomic E-state index is 0.118. The summed E-state index contributed by atoms with van der Waals surface area (Å²) >= 11 is 0. The summed E-state index contributed by atoms with van der Waals surface area (Å²) in [6.07, 6.45) is 4.71. The first-order chi connectivity index (χ1) is 10.5. The first kappa shape index (κ1) is 15.1. The fourth-order valence-corrected chi connectivity index (χ4v) is 3.70. The fourth-order valence-electron chi connectivity index (χ4n) is 3.70. The summed E-state index contributed by atoms with van der Waals surface area (Å²) in [6.45, 7) is 6.49. The number of carbonyl (C=O) groups excluding carboxylic acids is 1. The van der Waals surface area contributed by atoms with Gasteiger partial charge in [-0.1, -0.05) is 13.0 Å². The summed E-state index contributed by atoms with van der Waals surface area (Å²) in [7, 11) is 1.95. The van der Waals surface area contributed by atoms with Crippen LogP contribution in [0.3, 0.4) is 0 Å². The molecule has 1 aromatic heterocycles. The molecule has 1 aliphatic rings. The molecule has 118 valence electrons. The number of rotatable bonds is 2. The number of nitrogens with one attached hydrogen (secondary N) is 1. The maximum Gasteiger partial charge on any atom is 0.270 e. The third-order valence-electron chi connectivity index (χ3n) is 5.17. The number of carbonyl (C=O) groups is 1. The smallest absolute Gasteiger partial charge is 0.270 e. The molecule has 22 heavy (non-hydrogen) atoms. The van der Waals surface area contributed by atoms with Crippen molar-refractivity contribution in [1.82, 2.24) is 9.88 Å². The molecule has 2 aromatic rings. The lowest BCUT2D eigenvalue weighted by Crippen LogP contribution is -2.39. The van der Waals surface area contributed by atoms with Crippen LogP contribution in [-0.4, -0.2) is 28.9 Å². The highest BCUT2D eigenvalue weighted by atomic mass is 16.2. The molecule has 0 unspecified atom stereocenters. The monoisotopic (exact) mass is 298 g/mol. The normalized spacial score (nSPS) is 22.0. The van der Waals surface area contributed by atoms with Crippen molar-refractivity contribution in [1.29, 1.82) is 0 Å². The number of nitrogens with zero attached hydrogens (tertiary/aromatic N) is 1. The van der Waals surface area contributed by atoms with Gasteiger partial charge >= 0.3 is 0 Å². The number of amides is 1. The van der Waals surface area contributed by atoms with Gasteiger partial charge in [-0.3, -0.25) is 4.79 Å². The van der Waals surface area contributed by atoms with Crippen LogP contribution in [0.15, 0.2) is 18.2 Å². The van der Waals surface area contributed by atoms with E-state index in [-0.39, 0.29) is 5.91 Å². The molecular weight excluding hydrogens is 272 g/mol. The van der Waals surface area contributed by atoms with E-state index >= 15 is 0 Å². The number of hydrogen-bond donors (Lipinski definition) is 1. The number of aromatic nitrogens is 1. The van der Waals surface area contributed by atoms with Gasteiger partial charge in [0.15, 0.2) is 0 Å². The average Bonchev–Trinajstić information content (AvgIpc) is 2.90. The molecule has 3 heteroatoms. The molecule has 0 bridgehead atoms. The van der Waals surface area contributed by atoms with Crippen LogP contribution in [0.4, 0.5) is 0 Å². The van der Waals surface area contributed by atoms with E-state index in [0.29, 0.717) is 11.7 Å². The van der Waals surface area contributed by atoms with Crippen molar-refractivity contribution in [3.8, 4) is 0 Å². The minimum Gasteiger partial charge on any atom is -0.351 e. The van der Waals surface area contributed by atoms with Crippen LogP contribution < -0.4 is 0 Å². The summed E-state index contributed by atoms with van der Waals surface area (Å²) in [5.41, 5.74) is 4.22. The first-order valence-electron chi connectivity index (χ1n) is 8.33. The Labute approximate surface area is 132 Å². The predicted molar refractivity (Wildman–Crippen MR) is 91.3 cm³/mol. The van der Waals surface area contributed by atoms with E-state index in [1.807, 2.05) is 18.0 Å². The van der Waals surface area contributed by atoms with E-state index in [1.165, 1.54) is 24.0 Å². The lowest BCUT2D eigenvalue weighted by molar-refractivity contribution is 0.0674. The van der Waals surface area contributed by atoms with E-state index in [1.54, 1.807) is 0 Å². The Morgan fingerprint density at radius 1 is 1.14 bits per heavy atom. The third kappa shape index (κ3) is 2.77. The molecule has 1 amide bonds. The molecule has 1 aromatic carbocycles. The second-order valence-corrected chi connectivity index (χ2v) is 7.06. The van der Waals surface area contributed by atoms with Crippen molar-refractivity contribution in [3.05, 3.63) is 35.0 Å². The molecule has 3 nitrogen and oxygen atoms in total. The third-order valence-corrected chi connectivity index (χ3v) is 5.17. The number of H-pyrrole nitrogens is 1. The van der Waals surface area contributed by atoms with Crippen LogP contribution >= 0.6 is 0 Å². The van der Waals surface area contributed by atoms with Crippen LogP contribution in [-0.2, 0) is 0 Å².